The first-order valence-electron chi connectivity index (χ1n) is 4.80. The van der Waals surface area contributed by atoms with E-state index in [-0.39, 0.29) is 18.6 Å². The van der Waals surface area contributed by atoms with Crippen molar-refractivity contribution in [2.24, 2.45) is 0 Å². The van der Waals surface area contributed by atoms with Crippen LogP contribution in [0, 0.1) is 0 Å². The van der Waals surface area contributed by atoms with Crippen LogP contribution in [0.15, 0.2) is 24.3 Å². The average Bonchev–Trinajstić information content (AvgIpc) is 2.24. The molecule has 0 spiro atoms. The van der Waals surface area contributed by atoms with E-state index in [0.717, 1.165) is 6.07 Å². The first-order valence-corrected chi connectivity index (χ1v) is 4.80. The second kappa shape index (κ2) is 5.32. The zero-order chi connectivity index (χ0) is 12.2. The van der Waals surface area contributed by atoms with E-state index in [4.69, 9.17) is 4.74 Å². The third-order valence-electron chi connectivity index (χ3n) is 2.22. The van der Waals surface area contributed by atoms with Crippen molar-refractivity contribution >= 4 is 0 Å². The van der Waals surface area contributed by atoms with Gasteiger partial charge in [0.25, 0.3) is 0 Å². The van der Waals surface area contributed by atoms with Gasteiger partial charge in [0, 0.05) is 20.1 Å². The summed E-state index contributed by atoms with van der Waals surface area (Å²) in [7, 11) is 1.43. The number of alkyl halides is 3. The molecule has 0 saturated heterocycles. The summed E-state index contributed by atoms with van der Waals surface area (Å²) in [6, 6.07) is 5.02. The van der Waals surface area contributed by atoms with E-state index < -0.39 is 17.8 Å². The van der Waals surface area contributed by atoms with Crippen molar-refractivity contribution in [1.29, 1.82) is 0 Å². The Morgan fingerprint density at radius 2 is 1.94 bits per heavy atom. The number of aliphatic hydroxyl groups is 1. The maximum atomic E-state index is 12.6. The number of rotatable bonds is 4. The van der Waals surface area contributed by atoms with Crippen molar-refractivity contribution in [1.82, 2.24) is 0 Å². The number of ether oxygens (including phenoxy) is 1. The van der Waals surface area contributed by atoms with E-state index in [1.54, 1.807) is 0 Å². The molecule has 0 bridgehead atoms. The molecule has 0 radical (unpaired) electrons. The molecule has 0 aliphatic heterocycles. The number of hydrogen-bond acceptors (Lipinski definition) is 2. The Morgan fingerprint density at radius 1 is 1.31 bits per heavy atom. The van der Waals surface area contributed by atoms with Crippen LogP contribution in [0.3, 0.4) is 0 Å². The van der Waals surface area contributed by atoms with Crippen LogP contribution in [-0.2, 0) is 10.9 Å². The van der Waals surface area contributed by atoms with Crippen LogP contribution in [0.5, 0.6) is 0 Å². The van der Waals surface area contributed by atoms with Gasteiger partial charge in [-0.05, 0) is 11.6 Å². The third kappa shape index (κ3) is 3.21. The summed E-state index contributed by atoms with van der Waals surface area (Å²) >= 11 is 0. The van der Waals surface area contributed by atoms with Crippen LogP contribution in [0.1, 0.15) is 23.7 Å². The molecule has 0 aliphatic carbocycles. The Kier molecular flexibility index (Phi) is 4.32. The zero-order valence-electron chi connectivity index (χ0n) is 8.79. The number of hydrogen-bond donors (Lipinski definition) is 1. The average molecular weight is 234 g/mol. The summed E-state index contributed by atoms with van der Waals surface area (Å²) in [5.74, 6) is 0. The Morgan fingerprint density at radius 3 is 2.50 bits per heavy atom. The fraction of sp³-hybridized carbons (Fsp3) is 0.455. The number of benzene rings is 1. The monoisotopic (exact) mass is 234 g/mol. The number of halogens is 3. The zero-order valence-corrected chi connectivity index (χ0v) is 8.79. The number of aliphatic hydroxyl groups excluding tert-OH is 1. The van der Waals surface area contributed by atoms with Gasteiger partial charge < -0.3 is 9.84 Å². The molecular formula is C11H13F3O2. The van der Waals surface area contributed by atoms with Crippen LogP contribution >= 0.6 is 0 Å². The normalized spacial score (nSPS) is 13.8. The smallest absolute Gasteiger partial charge is 0.388 e. The summed E-state index contributed by atoms with van der Waals surface area (Å²) in [5, 5.41) is 9.62. The largest absolute Gasteiger partial charge is 0.416 e. The molecule has 0 aliphatic rings. The minimum absolute atomic E-state index is 0.105. The van der Waals surface area contributed by atoms with Gasteiger partial charge in [-0.1, -0.05) is 18.2 Å². The molecule has 1 N–H and O–H groups in total. The summed E-state index contributed by atoms with van der Waals surface area (Å²) in [5.41, 5.74) is -0.898. The molecule has 0 saturated carbocycles. The minimum atomic E-state index is -4.44. The van der Waals surface area contributed by atoms with E-state index in [1.165, 1.54) is 25.3 Å². The van der Waals surface area contributed by atoms with Gasteiger partial charge in [0.2, 0.25) is 0 Å². The van der Waals surface area contributed by atoms with Crippen molar-refractivity contribution in [3.05, 3.63) is 35.4 Å². The molecule has 1 aromatic carbocycles. The minimum Gasteiger partial charge on any atom is -0.388 e. The molecular weight excluding hydrogens is 221 g/mol. The van der Waals surface area contributed by atoms with Crippen molar-refractivity contribution in [2.75, 3.05) is 13.7 Å². The highest BCUT2D eigenvalue weighted by molar-refractivity contribution is 5.31. The molecule has 1 atom stereocenters. The van der Waals surface area contributed by atoms with Crippen LogP contribution in [0.2, 0.25) is 0 Å². The standard InChI is InChI=1S/C11H13F3O2/c1-16-7-6-10(15)8-4-2-3-5-9(8)11(12,13)14/h2-5,10,15H,6-7H2,1H3. The van der Waals surface area contributed by atoms with E-state index in [0.29, 0.717) is 0 Å². The molecule has 1 unspecified atom stereocenters. The highest BCUT2D eigenvalue weighted by Crippen LogP contribution is 2.35. The molecule has 5 heteroatoms. The lowest BCUT2D eigenvalue weighted by atomic mass is 10.00. The second-order valence-corrected chi connectivity index (χ2v) is 3.38. The molecule has 16 heavy (non-hydrogen) atoms. The first-order chi connectivity index (χ1) is 7.46. The van der Waals surface area contributed by atoms with Gasteiger partial charge in [-0.3, -0.25) is 0 Å². The summed E-state index contributed by atoms with van der Waals surface area (Å²) in [6.45, 7) is 0.216. The van der Waals surface area contributed by atoms with E-state index in [2.05, 4.69) is 0 Å². The van der Waals surface area contributed by atoms with E-state index in [9.17, 15) is 18.3 Å². The van der Waals surface area contributed by atoms with Crippen LogP contribution in [0.4, 0.5) is 13.2 Å². The van der Waals surface area contributed by atoms with Crippen molar-refractivity contribution in [3.8, 4) is 0 Å². The first kappa shape index (κ1) is 13.0. The van der Waals surface area contributed by atoms with Crippen molar-refractivity contribution in [3.63, 3.8) is 0 Å². The van der Waals surface area contributed by atoms with Gasteiger partial charge in [0.1, 0.15) is 0 Å². The van der Waals surface area contributed by atoms with E-state index in [1.807, 2.05) is 0 Å². The molecule has 0 fully saturated rings. The predicted molar refractivity (Wildman–Crippen MR) is 52.9 cm³/mol. The maximum absolute atomic E-state index is 12.6. The molecule has 0 aromatic heterocycles. The number of methoxy groups -OCH3 is 1. The predicted octanol–water partition coefficient (Wildman–Crippen LogP) is 2.78. The van der Waals surface area contributed by atoms with Crippen LogP contribution in [-0.4, -0.2) is 18.8 Å². The van der Waals surface area contributed by atoms with Gasteiger partial charge in [-0.2, -0.15) is 13.2 Å². The third-order valence-corrected chi connectivity index (χ3v) is 2.22. The lowest BCUT2D eigenvalue weighted by Crippen LogP contribution is -2.12. The fourth-order valence-corrected chi connectivity index (χ4v) is 1.43. The Labute approximate surface area is 91.7 Å². The molecule has 2 nitrogen and oxygen atoms in total. The van der Waals surface area contributed by atoms with Crippen LogP contribution < -0.4 is 0 Å². The highest BCUT2D eigenvalue weighted by atomic mass is 19.4. The lowest BCUT2D eigenvalue weighted by Gasteiger charge is -2.16. The van der Waals surface area contributed by atoms with Crippen LogP contribution in [0.25, 0.3) is 0 Å². The van der Waals surface area contributed by atoms with Gasteiger partial charge in [-0.15, -0.1) is 0 Å². The summed E-state index contributed by atoms with van der Waals surface area (Å²) < 4.78 is 42.5. The van der Waals surface area contributed by atoms with Gasteiger partial charge in [0.15, 0.2) is 0 Å². The molecule has 90 valence electrons. The quantitative estimate of drug-likeness (QED) is 0.868. The van der Waals surface area contributed by atoms with Crippen molar-refractivity contribution < 1.29 is 23.0 Å². The lowest BCUT2D eigenvalue weighted by molar-refractivity contribution is -0.139. The van der Waals surface area contributed by atoms with Gasteiger partial charge in [-0.25, -0.2) is 0 Å². The SMILES string of the molecule is COCCC(O)c1ccccc1C(F)(F)F. The molecule has 1 aromatic rings. The Hall–Kier alpha value is -1.07. The van der Waals surface area contributed by atoms with E-state index >= 15 is 0 Å². The van der Waals surface area contributed by atoms with Gasteiger partial charge in [0.05, 0.1) is 11.7 Å². The molecule has 0 heterocycles. The Bertz CT molecular complexity index is 336. The Balaban J connectivity index is 2.94. The molecule has 1 rings (SSSR count). The molecule has 0 amide bonds. The highest BCUT2D eigenvalue weighted by Gasteiger charge is 2.34. The van der Waals surface area contributed by atoms with Crippen molar-refractivity contribution in [2.45, 2.75) is 18.7 Å². The van der Waals surface area contributed by atoms with Gasteiger partial charge >= 0.3 is 6.18 Å². The second-order valence-electron chi connectivity index (χ2n) is 3.38. The topological polar surface area (TPSA) is 29.5 Å². The summed E-state index contributed by atoms with van der Waals surface area (Å²) in [4.78, 5) is 0. The summed E-state index contributed by atoms with van der Waals surface area (Å²) in [6.07, 6.45) is -5.45. The maximum Gasteiger partial charge on any atom is 0.416 e. The fourth-order valence-electron chi connectivity index (χ4n) is 1.43.